The van der Waals surface area contributed by atoms with Crippen molar-refractivity contribution in [1.82, 2.24) is 10.2 Å². The molecule has 1 aliphatic heterocycles. The molecule has 1 fully saturated rings. The molecule has 0 unspecified atom stereocenters. The first kappa shape index (κ1) is 10.8. The topological polar surface area (TPSA) is 32.3 Å². The highest BCUT2D eigenvalue weighted by Crippen LogP contribution is 2.13. The van der Waals surface area contributed by atoms with Crippen LogP contribution in [0.25, 0.3) is 6.08 Å². The maximum absolute atomic E-state index is 11.7. The third kappa shape index (κ3) is 1.97. The first-order chi connectivity index (χ1) is 7.58. The second-order valence-electron chi connectivity index (χ2n) is 3.76. The van der Waals surface area contributed by atoms with E-state index in [1.807, 2.05) is 31.2 Å². The molecular formula is C12H12N2OS. The number of nitrogens with one attached hydrogen (secondary N) is 1. The Labute approximate surface area is 99.8 Å². The van der Waals surface area contributed by atoms with Gasteiger partial charge in [-0.25, -0.2) is 0 Å². The quantitative estimate of drug-likeness (QED) is 0.590. The third-order valence-corrected chi connectivity index (χ3v) is 2.85. The van der Waals surface area contributed by atoms with Crippen LogP contribution in [0.3, 0.4) is 0 Å². The van der Waals surface area contributed by atoms with Gasteiger partial charge in [0.1, 0.15) is 5.70 Å². The maximum Gasteiger partial charge on any atom is 0.276 e. The van der Waals surface area contributed by atoms with Crippen molar-refractivity contribution in [1.29, 1.82) is 0 Å². The molecule has 1 aromatic rings. The van der Waals surface area contributed by atoms with Gasteiger partial charge >= 0.3 is 0 Å². The van der Waals surface area contributed by atoms with Crippen molar-refractivity contribution in [3.8, 4) is 0 Å². The van der Waals surface area contributed by atoms with Gasteiger partial charge in [0.2, 0.25) is 0 Å². The molecule has 1 N–H and O–H groups in total. The molecular weight excluding hydrogens is 220 g/mol. The van der Waals surface area contributed by atoms with Gasteiger partial charge in [0.05, 0.1) is 0 Å². The Morgan fingerprint density at radius 3 is 2.44 bits per heavy atom. The number of benzene rings is 1. The van der Waals surface area contributed by atoms with E-state index in [9.17, 15) is 4.79 Å². The second-order valence-corrected chi connectivity index (χ2v) is 4.15. The number of nitrogens with zero attached hydrogens (tertiary/aromatic N) is 1. The molecule has 0 spiro atoms. The van der Waals surface area contributed by atoms with Crippen LogP contribution < -0.4 is 5.32 Å². The van der Waals surface area contributed by atoms with Crippen LogP contribution in [0.1, 0.15) is 11.1 Å². The predicted octanol–water partition coefficient (Wildman–Crippen LogP) is 1.68. The smallest absolute Gasteiger partial charge is 0.276 e. The molecule has 0 atom stereocenters. The highest BCUT2D eigenvalue weighted by Gasteiger charge is 2.26. The molecule has 1 aromatic carbocycles. The van der Waals surface area contributed by atoms with Crippen LogP contribution in [0.2, 0.25) is 0 Å². The summed E-state index contributed by atoms with van der Waals surface area (Å²) < 4.78 is 0. The molecule has 4 heteroatoms. The van der Waals surface area contributed by atoms with Crippen LogP contribution in [0.5, 0.6) is 0 Å². The van der Waals surface area contributed by atoms with Gasteiger partial charge in [0, 0.05) is 7.05 Å². The Hall–Kier alpha value is -1.68. The van der Waals surface area contributed by atoms with Gasteiger partial charge in [-0.05, 0) is 30.8 Å². The largest absolute Gasteiger partial charge is 0.328 e. The average Bonchev–Trinajstić information content (AvgIpc) is 2.50. The van der Waals surface area contributed by atoms with Crippen molar-refractivity contribution >= 4 is 29.3 Å². The lowest BCUT2D eigenvalue weighted by molar-refractivity contribution is -0.121. The molecule has 2 rings (SSSR count). The fraction of sp³-hybridized carbons (Fsp3) is 0.167. The zero-order valence-electron chi connectivity index (χ0n) is 9.15. The number of likely N-dealkylation sites (N-methyl/N-ethyl adjacent to an activating group) is 1. The van der Waals surface area contributed by atoms with E-state index in [1.54, 1.807) is 13.1 Å². The summed E-state index contributed by atoms with van der Waals surface area (Å²) in [6.45, 7) is 2.03. The summed E-state index contributed by atoms with van der Waals surface area (Å²) in [5.41, 5.74) is 2.70. The van der Waals surface area contributed by atoms with Crippen LogP contribution in [-0.2, 0) is 4.79 Å². The molecule has 0 radical (unpaired) electrons. The summed E-state index contributed by atoms with van der Waals surface area (Å²) in [6.07, 6.45) is 1.80. The first-order valence-corrected chi connectivity index (χ1v) is 5.36. The minimum Gasteiger partial charge on any atom is -0.328 e. The molecule has 1 heterocycles. The van der Waals surface area contributed by atoms with E-state index in [1.165, 1.54) is 10.5 Å². The summed E-state index contributed by atoms with van der Waals surface area (Å²) in [7, 11) is 1.66. The van der Waals surface area contributed by atoms with E-state index in [4.69, 9.17) is 12.2 Å². The van der Waals surface area contributed by atoms with Crippen LogP contribution in [0.15, 0.2) is 30.0 Å². The van der Waals surface area contributed by atoms with Crippen LogP contribution in [-0.4, -0.2) is 23.0 Å². The SMILES string of the molecule is Cc1ccc(/C=C2\NC(=S)N(C)C2=O)cc1. The molecule has 16 heavy (non-hydrogen) atoms. The standard InChI is InChI=1S/C12H12N2OS/c1-8-3-5-9(6-4-8)7-10-11(15)14(2)12(16)13-10/h3-7H,1-2H3,(H,13,16)/b10-7-. The van der Waals surface area contributed by atoms with E-state index < -0.39 is 0 Å². The number of amides is 1. The van der Waals surface area contributed by atoms with Gasteiger partial charge in [-0.15, -0.1) is 0 Å². The summed E-state index contributed by atoms with van der Waals surface area (Å²) in [5, 5.41) is 3.33. The number of rotatable bonds is 1. The molecule has 0 bridgehead atoms. The number of hydrogen-bond donors (Lipinski definition) is 1. The number of hydrogen-bond acceptors (Lipinski definition) is 2. The summed E-state index contributed by atoms with van der Waals surface area (Å²) in [4.78, 5) is 13.1. The molecule has 3 nitrogen and oxygen atoms in total. The molecule has 1 saturated heterocycles. The minimum absolute atomic E-state index is 0.0921. The first-order valence-electron chi connectivity index (χ1n) is 4.95. The Morgan fingerprint density at radius 2 is 1.94 bits per heavy atom. The highest BCUT2D eigenvalue weighted by molar-refractivity contribution is 7.80. The van der Waals surface area contributed by atoms with Gasteiger partial charge in [0.25, 0.3) is 5.91 Å². The van der Waals surface area contributed by atoms with Crippen molar-refractivity contribution in [3.05, 3.63) is 41.1 Å². The van der Waals surface area contributed by atoms with E-state index in [-0.39, 0.29) is 5.91 Å². The predicted molar refractivity (Wildman–Crippen MR) is 67.7 cm³/mol. The third-order valence-electron chi connectivity index (χ3n) is 2.47. The molecule has 0 saturated carbocycles. The number of carbonyl (C=O) groups is 1. The Morgan fingerprint density at radius 1 is 1.31 bits per heavy atom. The lowest BCUT2D eigenvalue weighted by Crippen LogP contribution is -2.25. The van der Waals surface area contributed by atoms with Crippen LogP contribution in [0.4, 0.5) is 0 Å². The van der Waals surface area contributed by atoms with Gasteiger partial charge in [-0.3, -0.25) is 9.69 Å². The van der Waals surface area contributed by atoms with E-state index in [0.717, 1.165) is 5.56 Å². The number of carbonyl (C=O) groups excluding carboxylic acids is 1. The second kappa shape index (κ2) is 4.06. The minimum atomic E-state index is -0.0921. The van der Waals surface area contributed by atoms with Crippen molar-refractivity contribution in [2.24, 2.45) is 0 Å². The lowest BCUT2D eigenvalue weighted by atomic mass is 10.1. The van der Waals surface area contributed by atoms with Crippen molar-refractivity contribution < 1.29 is 4.79 Å². The summed E-state index contributed by atoms with van der Waals surface area (Å²) in [5.74, 6) is -0.0921. The van der Waals surface area contributed by atoms with E-state index in [2.05, 4.69) is 5.32 Å². The maximum atomic E-state index is 11.7. The average molecular weight is 232 g/mol. The highest BCUT2D eigenvalue weighted by atomic mass is 32.1. The van der Waals surface area contributed by atoms with Crippen molar-refractivity contribution in [2.45, 2.75) is 6.92 Å². The van der Waals surface area contributed by atoms with E-state index >= 15 is 0 Å². The Bertz CT molecular complexity index is 476. The Balaban J connectivity index is 2.29. The van der Waals surface area contributed by atoms with Gasteiger partial charge in [-0.2, -0.15) is 0 Å². The monoisotopic (exact) mass is 232 g/mol. The lowest BCUT2D eigenvalue weighted by Gasteiger charge is -2.02. The number of thiocarbonyl (C=S) groups is 1. The summed E-state index contributed by atoms with van der Waals surface area (Å²) >= 11 is 4.99. The molecule has 1 aliphatic rings. The van der Waals surface area contributed by atoms with Crippen molar-refractivity contribution in [3.63, 3.8) is 0 Å². The van der Waals surface area contributed by atoms with Crippen LogP contribution in [0, 0.1) is 6.92 Å². The fourth-order valence-corrected chi connectivity index (χ4v) is 1.65. The molecule has 0 aromatic heterocycles. The van der Waals surface area contributed by atoms with Gasteiger partial charge in [-0.1, -0.05) is 29.8 Å². The van der Waals surface area contributed by atoms with Gasteiger partial charge < -0.3 is 5.32 Å². The zero-order valence-corrected chi connectivity index (χ0v) is 9.97. The van der Waals surface area contributed by atoms with E-state index in [0.29, 0.717) is 10.8 Å². The normalized spacial score (nSPS) is 18.1. The van der Waals surface area contributed by atoms with Crippen LogP contribution >= 0.6 is 12.2 Å². The Kier molecular flexibility index (Phi) is 2.75. The number of aryl methyl sites for hydroxylation is 1. The van der Waals surface area contributed by atoms with Crippen molar-refractivity contribution in [2.75, 3.05) is 7.05 Å². The summed E-state index contributed by atoms with van der Waals surface area (Å²) in [6, 6.07) is 7.96. The van der Waals surface area contributed by atoms with Gasteiger partial charge in [0.15, 0.2) is 5.11 Å². The molecule has 82 valence electrons. The fourth-order valence-electron chi connectivity index (χ4n) is 1.45. The molecule has 1 amide bonds. The molecule has 0 aliphatic carbocycles. The zero-order chi connectivity index (χ0) is 11.7.